The molecule has 1 heterocycles. The van der Waals surface area contributed by atoms with Crippen LogP contribution in [0.2, 0.25) is 0 Å². The van der Waals surface area contributed by atoms with Crippen molar-refractivity contribution in [3.05, 3.63) is 99.7 Å². The van der Waals surface area contributed by atoms with Crippen LogP contribution in [-0.2, 0) is 9.59 Å². The third kappa shape index (κ3) is 4.52. The van der Waals surface area contributed by atoms with Crippen LogP contribution in [0.25, 0.3) is 0 Å². The lowest BCUT2D eigenvalue weighted by atomic mass is 10.1. The molecule has 3 aromatic carbocycles. The fourth-order valence-electron chi connectivity index (χ4n) is 3.72. The average Bonchev–Trinajstić information content (AvgIpc) is 2.98. The molecule has 1 aliphatic heterocycles. The van der Waals surface area contributed by atoms with Gasteiger partial charge in [0.1, 0.15) is 10.7 Å². The Morgan fingerprint density at radius 1 is 0.848 bits per heavy atom. The molecule has 0 saturated heterocycles. The zero-order valence-corrected chi connectivity index (χ0v) is 19.2. The largest absolute Gasteiger partial charge is 0.350 e. The van der Waals surface area contributed by atoms with Gasteiger partial charge in [-0.3, -0.25) is 14.4 Å². The van der Waals surface area contributed by atoms with Crippen LogP contribution in [0.5, 0.6) is 0 Å². The van der Waals surface area contributed by atoms with Gasteiger partial charge in [-0.15, -0.1) is 0 Å². The highest BCUT2D eigenvalue weighted by Gasteiger charge is 2.39. The molecule has 0 aromatic heterocycles. The Balaban J connectivity index is 1.56. The lowest BCUT2D eigenvalue weighted by Crippen LogP contribution is -2.32. The number of halogens is 1. The second-order valence-electron chi connectivity index (χ2n) is 7.96. The summed E-state index contributed by atoms with van der Waals surface area (Å²) in [6.07, 6.45) is 0. The summed E-state index contributed by atoms with van der Waals surface area (Å²) >= 11 is 6.25. The summed E-state index contributed by atoms with van der Waals surface area (Å²) in [7, 11) is 0. The number of amides is 3. The summed E-state index contributed by atoms with van der Waals surface area (Å²) in [5.74, 6) is -1.44. The topological polar surface area (TPSA) is 78.5 Å². The summed E-state index contributed by atoms with van der Waals surface area (Å²) in [6.45, 7) is 5.69. The van der Waals surface area contributed by atoms with Crippen molar-refractivity contribution in [2.45, 2.75) is 20.8 Å². The van der Waals surface area contributed by atoms with E-state index in [4.69, 9.17) is 11.6 Å². The van der Waals surface area contributed by atoms with Crippen molar-refractivity contribution in [2.75, 3.05) is 15.5 Å². The number of para-hydroxylation sites is 1. The zero-order chi connectivity index (χ0) is 23.7. The SMILES string of the molecule is Cc1cc(C)cc(N2C(=O)C(Cl)=C(Nc3cccc(C(=O)Nc4ccccc4C)c3)C2=O)c1. The molecular weight excluding hydrogens is 438 g/mol. The molecule has 1 aliphatic rings. The van der Waals surface area contributed by atoms with E-state index in [1.807, 2.05) is 51.1 Å². The van der Waals surface area contributed by atoms with Crippen LogP contribution >= 0.6 is 11.6 Å². The smallest absolute Gasteiger partial charge is 0.283 e. The molecular formula is C26H22ClN3O3. The highest BCUT2D eigenvalue weighted by Crippen LogP contribution is 2.31. The number of imide groups is 1. The third-order valence-corrected chi connectivity index (χ3v) is 5.63. The molecule has 2 N–H and O–H groups in total. The molecule has 0 radical (unpaired) electrons. The molecule has 0 fully saturated rings. The minimum absolute atomic E-state index is 0.0303. The van der Waals surface area contributed by atoms with E-state index in [-0.39, 0.29) is 16.6 Å². The molecule has 7 heteroatoms. The predicted octanol–water partition coefficient (Wildman–Crippen LogP) is 5.30. The van der Waals surface area contributed by atoms with Gasteiger partial charge < -0.3 is 10.6 Å². The fraction of sp³-hybridized carbons (Fsp3) is 0.115. The van der Waals surface area contributed by atoms with E-state index in [9.17, 15) is 14.4 Å². The number of anilines is 3. The Morgan fingerprint density at radius 2 is 1.55 bits per heavy atom. The van der Waals surface area contributed by atoms with Crippen LogP contribution in [0.3, 0.4) is 0 Å². The van der Waals surface area contributed by atoms with Gasteiger partial charge in [-0.25, -0.2) is 4.90 Å². The number of benzene rings is 3. The van der Waals surface area contributed by atoms with Crippen molar-refractivity contribution >= 4 is 46.4 Å². The maximum absolute atomic E-state index is 13.1. The van der Waals surface area contributed by atoms with Crippen molar-refractivity contribution in [1.82, 2.24) is 0 Å². The standard InChI is InChI=1S/C26H22ClN3O3/c1-15-11-16(2)13-20(12-15)30-25(32)22(27)23(26(30)33)28-19-9-6-8-18(14-19)24(31)29-21-10-5-4-7-17(21)3/h4-14,28H,1-3H3,(H,29,31). The van der Waals surface area contributed by atoms with Crippen molar-refractivity contribution < 1.29 is 14.4 Å². The minimum Gasteiger partial charge on any atom is -0.350 e. The Bertz CT molecular complexity index is 1310. The molecule has 33 heavy (non-hydrogen) atoms. The normalized spacial score (nSPS) is 13.5. The Labute approximate surface area is 196 Å². The van der Waals surface area contributed by atoms with Gasteiger partial charge in [0, 0.05) is 16.9 Å². The van der Waals surface area contributed by atoms with Gasteiger partial charge in [0.2, 0.25) is 0 Å². The molecule has 0 bridgehead atoms. The average molecular weight is 460 g/mol. The highest BCUT2D eigenvalue weighted by molar-refractivity contribution is 6.53. The molecule has 0 aliphatic carbocycles. The fourth-order valence-corrected chi connectivity index (χ4v) is 3.93. The van der Waals surface area contributed by atoms with Gasteiger partial charge in [-0.05, 0) is 73.9 Å². The first-order valence-corrected chi connectivity index (χ1v) is 10.7. The molecule has 0 unspecified atom stereocenters. The van der Waals surface area contributed by atoms with Gasteiger partial charge in [0.15, 0.2) is 0 Å². The maximum atomic E-state index is 13.1. The molecule has 166 valence electrons. The molecule has 3 aromatic rings. The number of hydrogen-bond acceptors (Lipinski definition) is 4. The zero-order valence-electron chi connectivity index (χ0n) is 18.4. The molecule has 3 amide bonds. The summed E-state index contributed by atoms with van der Waals surface area (Å²) in [5.41, 5.74) is 4.80. The van der Waals surface area contributed by atoms with E-state index in [1.54, 1.807) is 36.4 Å². The number of carbonyl (C=O) groups excluding carboxylic acids is 3. The van der Waals surface area contributed by atoms with Crippen LogP contribution < -0.4 is 15.5 Å². The monoisotopic (exact) mass is 459 g/mol. The van der Waals surface area contributed by atoms with Gasteiger partial charge >= 0.3 is 0 Å². The van der Waals surface area contributed by atoms with Crippen LogP contribution in [0.15, 0.2) is 77.5 Å². The van der Waals surface area contributed by atoms with Crippen molar-refractivity contribution in [3.63, 3.8) is 0 Å². The van der Waals surface area contributed by atoms with Gasteiger partial charge in [-0.1, -0.05) is 41.9 Å². The second-order valence-corrected chi connectivity index (χ2v) is 8.33. The Morgan fingerprint density at radius 3 is 2.24 bits per heavy atom. The van der Waals surface area contributed by atoms with Crippen molar-refractivity contribution in [1.29, 1.82) is 0 Å². The number of nitrogens with zero attached hydrogens (tertiary/aromatic N) is 1. The first-order valence-electron chi connectivity index (χ1n) is 10.4. The van der Waals surface area contributed by atoms with Gasteiger partial charge in [0.05, 0.1) is 5.69 Å². The van der Waals surface area contributed by atoms with E-state index in [2.05, 4.69) is 10.6 Å². The summed E-state index contributed by atoms with van der Waals surface area (Å²) in [5, 5.41) is 5.60. The molecule has 0 spiro atoms. The quantitative estimate of drug-likeness (QED) is 0.507. The molecule has 4 rings (SSSR count). The first kappa shape index (κ1) is 22.3. The number of aryl methyl sites for hydroxylation is 3. The number of rotatable bonds is 5. The maximum Gasteiger partial charge on any atom is 0.283 e. The van der Waals surface area contributed by atoms with E-state index in [0.717, 1.165) is 21.6 Å². The first-order chi connectivity index (χ1) is 15.7. The number of hydrogen-bond donors (Lipinski definition) is 2. The highest BCUT2D eigenvalue weighted by atomic mass is 35.5. The van der Waals surface area contributed by atoms with Gasteiger partial charge in [0.25, 0.3) is 17.7 Å². The van der Waals surface area contributed by atoms with Crippen LogP contribution in [0.4, 0.5) is 17.1 Å². The Hall–Kier alpha value is -3.90. The van der Waals surface area contributed by atoms with E-state index >= 15 is 0 Å². The molecule has 0 atom stereocenters. The number of nitrogens with one attached hydrogen (secondary N) is 2. The van der Waals surface area contributed by atoms with Crippen molar-refractivity contribution in [2.24, 2.45) is 0 Å². The minimum atomic E-state index is -0.595. The van der Waals surface area contributed by atoms with Crippen LogP contribution in [0.1, 0.15) is 27.0 Å². The van der Waals surface area contributed by atoms with E-state index < -0.39 is 11.8 Å². The lowest BCUT2D eigenvalue weighted by Gasteiger charge is -2.16. The number of carbonyl (C=O) groups is 3. The predicted molar refractivity (Wildman–Crippen MR) is 130 cm³/mol. The summed E-state index contributed by atoms with van der Waals surface area (Å²) in [6, 6.07) is 19.6. The van der Waals surface area contributed by atoms with E-state index in [1.165, 1.54) is 0 Å². The third-order valence-electron chi connectivity index (χ3n) is 5.28. The molecule has 0 saturated carbocycles. The lowest BCUT2D eigenvalue weighted by molar-refractivity contribution is -0.120. The Kier molecular flexibility index (Phi) is 6.03. The van der Waals surface area contributed by atoms with Crippen LogP contribution in [-0.4, -0.2) is 17.7 Å². The van der Waals surface area contributed by atoms with E-state index in [0.29, 0.717) is 22.6 Å². The summed E-state index contributed by atoms with van der Waals surface area (Å²) < 4.78 is 0. The van der Waals surface area contributed by atoms with Gasteiger partial charge in [-0.2, -0.15) is 0 Å². The van der Waals surface area contributed by atoms with Crippen molar-refractivity contribution in [3.8, 4) is 0 Å². The summed E-state index contributed by atoms with van der Waals surface area (Å²) in [4.78, 5) is 39.6. The van der Waals surface area contributed by atoms with Crippen LogP contribution in [0, 0.1) is 20.8 Å². The second kappa shape index (κ2) is 8.92. The molecule has 6 nitrogen and oxygen atoms in total.